The summed E-state index contributed by atoms with van der Waals surface area (Å²) in [6.45, 7) is 2.40. The van der Waals surface area contributed by atoms with Crippen molar-refractivity contribution in [3.63, 3.8) is 0 Å². The van der Waals surface area contributed by atoms with E-state index in [0.717, 1.165) is 11.1 Å². The molecule has 3 nitrogen and oxygen atoms in total. The highest BCUT2D eigenvalue weighted by molar-refractivity contribution is 5.85. The van der Waals surface area contributed by atoms with Gasteiger partial charge in [0.1, 0.15) is 5.82 Å². The Balaban J connectivity index is 0.00000288. The lowest BCUT2D eigenvalue weighted by Crippen LogP contribution is -2.32. The second-order valence-corrected chi connectivity index (χ2v) is 5.96. The van der Waals surface area contributed by atoms with Crippen molar-refractivity contribution in [1.82, 2.24) is 5.32 Å². The molecule has 24 heavy (non-hydrogen) atoms. The molecule has 0 aliphatic carbocycles. The van der Waals surface area contributed by atoms with Gasteiger partial charge in [-0.05, 0) is 35.6 Å². The summed E-state index contributed by atoms with van der Waals surface area (Å²) in [6, 6.07) is 16.0. The normalized spacial score (nSPS) is 12.8. The molecule has 0 aliphatic heterocycles. The number of carbonyl (C=O) groups excluding carboxylic acids is 1. The van der Waals surface area contributed by atoms with Gasteiger partial charge in [0.05, 0.1) is 0 Å². The summed E-state index contributed by atoms with van der Waals surface area (Å²) in [5.74, 6) is -0.127. The highest BCUT2D eigenvalue weighted by atomic mass is 35.5. The van der Waals surface area contributed by atoms with Gasteiger partial charge < -0.3 is 11.1 Å². The number of hydrogen-bond donors (Lipinski definition) is 2. The summed E-state index contributed by atoms with van der Waals surface area (Å²) in [5.41, 5.74) is 7.97. The lowest BCUT2D eigenvalue weighted by atomic mass is 9.97. The van der Waals surface area contributed by atoms with Gasteiger partial charge in [-0.1, -0.05) is 49.4 Å². The Labute approximate surface area is 148 Å². The van der Waals surface area contributed by atoms with Crippen LogP contribution in [0.5, 0.6) is 0 Å². The molecule has 3 N–H and O–H groups in total. The molecule has 0 aliphatic rings. The number of carbonyl (C=O) groups is 1. The minimum absolute atomic E-state index is 0. The van der Waals surface area contributed by atoms with Crippen LogP contribution in [-0.4, -0.2) is 12.5 Å². The van der Waals surface area contributed by atoms with Crippen LogP contribution >= 0.6 is 12.4 Å². The molecule has 2 aromatic carbocycles. The number of benzene rings is 2. The third kappa shape index (κ3) is 6.69. The fraction of sp³-hybridized carbons (Fsp3) is 0.316. The second kappa shape index (κ2) is 10.1. The van der Waals surface area contributed by atoms with Crippen LogP contribution in [0.1, 0.15) is 30.5 Å². The molecule has 0 saturated heterocycles. The van der Waals surface area contributed by atoms with Crippen molar-refractivity contribution in [3.8, 4) is 0 Å². The van der Waals surface area contributed by atoms with Gasteiger partial charge in [-0.3, -0.25) is 4.79 Å². The number of halogens is 2. The van der Waals surface area contributed by atoms with E-state index in [1.807, 2.05) is 43.3 Å². The van der Waals surface area contributed by atoms with Crippen molar-refractivity contribution in [2.45, 2.75) is 25.8 Å². The van der Waals surface area contributed by atoms with Crippen LogP contribution in [0.15, 0.2) is 54.6 Å². The molecule has 0 fully saturated rings. The topological polar surface area (TPSA) is 55.1 Å². The first kappa shape index (κ1) is 20.1. The first-order valence-electron chi connectivity index (χ1n) is 7.86. The lowest BCUT2D eigenvalue weighted by Gasteiger charge is -2.15. The lowest BCUT2D eigenvalue weighted by molar-refractivity contribution is -0.121. The summed E-state index contributed by atoms with van der Waals surface area (Å²) in [7, 11) is 0. The van der Waals surface area contributed by atoms with Crippen LogP contribution in [0.25, 0.3) is 0 Å². The smallest absolute Gasteiger partial charge is 0.220 e. The Morgan fingerprint density at radius 2 is 1.88 bits per heavy atom. The molecule has 1 amide bonds. The van der Waals surface area contributed by atoms with E-state index >= 15 is 0 Å². The summed E-state index contributed by atoms with van der Waals surface area (Å²) in [4.78, 5) is 12.0. The average Bonchev–Trinajstić information content (AvgIpc) is 2.53. The summed E-state index contributed by atoms with van der Waals surface area (Å²) in [5, 5.41) is 2.87. The molecule has 0 aromatic heterocycles. The fourth-order valence-electron chi connectivity index (χ4n) is 2.57. The first-order valence-corrected chi connectivity index (χ1v) is 7.86. The van der Waals surface area contributed by atoms with Gasteiger partial charge in [0.25, 0.3) is 0 Å². The van der Waals surface area contributed by atoms with Crippen molar-refractivity contribution >= 4 is 18.3 Å². The molecule has 2 atom stereocenters. The number of amides is 1. The highest BCUT2D eigenvalue weighted by Gasteiger charge is 2.12. The van der Waals surface area contributed by atoms with Crippen molar-refractivity contribution in [3.05, 3.63) is 71.5 Å². The van der Waals surface area contributed by atoms with Crippen LogP contribution in [0.3, 0.4) is 0 Å². The number of rotatable bonds is 7. The zero-order chi connectivity index (χ0) is 16.7. The third-order valence-corrected chi connectivity index (χ3v) is 3.75. The van der Waals surface area contributed by atoms with Crippen LogP contribution in [0.4, 0.5) is 4.39 Å². The Morgan fingerprint density at radius 1 is 1.17 bits per heavy atom. The van der Waals surface area contributed by atoms with Crippen molar-refractivity contribution in [2.75, 3.05) is 6.54 Å². The van der Waals surface area contributed by atoms with Gasteiger partial charge in [0.15, 0.2) is 0 Å². The third-order valence-electron chi connectivity index (χ3n) is 3.75. The fourth-order valence-corrected chi connectivity index (χ4v) is 2.57. The average molecular weight is 351 g/mol. The van der Waals surface area contributed by atoms with Crippen molar-refractivity contribution in [1.29, 1.82) is 0 Å². The van der Waals surface area contributed by atoms with Crippen molar-refractivity contribution in [2.24, 2.45) is 11.7 Å². The van der Waals surface area contributed by atoms with E-state index in [2.05, 4.69) is 5.32 Å². The Hall–Kier alpha value is -1.91. The minimum Gasteiger partial charge on any atom is -0.354 e. The molecule has 0 saturated carbocycles. The predicted molar refractivity (Wildman–Crippen MR) is 97.5 cm³/mol. The van der Waals surface area contributed by atoms with Crippen LogP contribution in [-0.2, 0) is 11.2 Å². The molecular weight excluding hydrogens is 327 g/mol. The molecule has 5 heteroatoms. The Bertz CT molecular complexity index is 636. The molecule has 0 heterocycles. The van der Waals surface area contributed by atoms with E-state index in [1.54, 1.807) is 6.07 Å². The van der Waals surface area contributed by atoms with E-state index in [9.17, 15) is 9.18 Å². The molecule has 2 unspecified atom stereocenters. The maximum atomic E-state index is 13.2. The monoisotopic (exact) mass is 350 g/mol. The molecule has 0 radical (unpaired) electrons. The zero-order valence-corrected chi connectivity index (χ0v) is 14.6. The Morgan fingerprint density at radius 3 is 2.54 bits per heavy atom. The summed E-state index contributed by atoms with van der Waals surface area (Å²) < 4.78 is 13.2. The van der Waals surface area contributed by atoms with Gasteiger partial charge in [0.2, 0.25) is 5.91 Å². The molecular formula is C19H24ClFN2O. The van der Waals surface area contributed by atoms with E-state index in [-0.39, 0.29) is 36.1 Å². The zero-order valence-electron chi connectivity index (χ0n) is 13.7. The van der Waals surface area contributed by atoms with Gasteiger partial charge in [-0.25, -0.2) is 4.39 Å². The van der Waals surface area contributed by atoms with Gasteiger partial charge in [0, 0.05) is 19.0 Å². The van der Waals surface area contributed by atoms with Crippen molar-refractivity contribution < 1.29 is 9.18 Å². The van der Waals surface area contributed by atoms with E-state index in [4.69, 9.17) is 5.73 Å². The molecule has 2 aromatic rings. The Kier molecular flexibility index (Phi) is 8.44. The van der Waals surface area contributed by atoms with Crippen LogP contribution in [0, 0.1) is 11.7 Å². The summed E-state index contributed by atoms with van der Waals surface area (Å²) >= 11 is 0. The number of nitrogens with one attached hydrogen (secondary N) is 1. The van der Waals surface area contributed by atoms with E-state index < -0.39 is 0 Å². The first-order chi connectivity index (χ1) is 11.0. The largest absolute Gasteiger partial charge is 0.354 e. The van der Waals surface area contributed by atoms with Gasteiger partial charge >= 0.3 is 0 Å². The second-order valence-electron chi connectivity index (χ2n) is 5.96. The van der Waals surface area contributed by atoms with E-state index in [0.29, 0.717) is 19.4 Å². The minimum atomic E-state index is -0.243. The highest BCUT2D eigenvalue weighted by Crippen LogP contribution is 2.13. The predicted octanol–water partition coefficient (Wildman–Crippen LogP) is 3.63. The quantitative estimate of drug-likeness (QED) is 0.801. The molecule has 130 valence electrons. The molecule has 0 spiro atoms. The van der Waals surface area contributed by atoms with Gasteiger partial charge in [-0.15, -0.1) is 12.4 Å². The van der Waals surface area contributed by atoms with Crippen LogP contribution < -0.4 is 11.1 Å². The van der Waals surface area contributed by atoms with E-state index in [1.165, 1.54) is 12.1 Å². The SMILES string of the molecule is CC(CC(=O)NCC(N)c1ccccc1)Cc1cccc(F)c1.Cl. The maximum Gasteiger partial charge on any atom is 0.220 e. The molecule has 2 rings (SSSR count). The number of nitrogens with two attached hydrogens (primary N) is 1. The van der Waals surface area contributed by atoms with Gasteiger partial charge in [-0.2, -0.15) is 0 Å². The van der Waals surface area contributed by atoms with Crippen LogP contribution in [0.2, 0.25) is 0 Å². The number of hydrogen-bond acceptors (Lipinski definition) is 2. The summed E-state index contributed by atoms with van der Waals surface area (Å²) in [6.07, 6.45) is 1.08. The molecule has 0 bridgehead atoms. The maximum absolute atomic E-state index is 13.2. The standard InChI is InChI=1S/C19H23FN2O.ClH/c1-14(10-15-6-5-9-17(20)12-15)11-19(23)22-13-18(21)16-7-3-2-4-8-16;/h2-9,12,14,18H,10-11,13,21H2,1H3,(H,22,23);1H.